The molecule has 0 atom stereocenters. The van der Waals surface area contributed by atoms with Gasteiger partial charge in [0, 0.05) is 27.8 Å². The summed E-state index contributed by atoms with van der Waals surface area (Å²) in [5, 5.41) is 3.86. The molecule has 116 valence electrons. The van der Waals surface area contributed by atoms with Gasteiger partial charge in [-0.05, 0) is 43.2 Å². The number of aromatic amines is 1. The van der Waals surface area contributed by atoms with Crippen LogP contribution in [0.3, 0.4) is 0 Å². The van der Waals surface area contributed by atoms with Crippen LogP contribution in [0.1, 0.15) is 21.5 Å². The number of anilines is 1. The van der Waals surface area contributed by atoms with Gasteiger partial charge in [0.15, 0.2) is 0 Å². The summed E-state index contributed by atoms with van der Waals surface area (Å²) < 4.78 is 0. The van der Waals surface area contributed by atoms with Gasteiger partial charge in [-0.1, -0.05) is 29.8 Å². The Kier molecular flexibility index (Phi) is 3.92. The van der Waals surface area contributed by atoms with Crippen LogP contribution in [0.2, 0.25) is 5.02 Å². The van der Waals surface area contributed by atoms with Gasteiger partial charge in [-0.15, -0.1) is 0 Å². The van der Waals surface area contributed by atoms with Crippen LogP contribution in [0.5, 0.6) is 0 Å². The minimum absolute atomic E-state index is 0.311. The summed E-state index contributed by atoms with van der Waals surface area (Å²) in [5.41, 5.74) is 3.56. The molecular formula is C18H15ClN2O2. The van der Waals surface area contributed by atoms with Crippen molar-refractivity contribution in [3.63, 3.8) is 0 Å². The predicted octanol–water partition coefficient (Wildman–Crippen LogP) is 4.26. The van der Waals surface area contributed by atoms with Crippen molar-refractivity contribution in [2.24, 2.45) is 0 Å². The number of amides is 1. The zero-order valence-electron chi connectivity index (χ0n) is 12.7. The van der Waals surface area contributed by atoms with Gasteiger partial charge in [0.25, 0.3) is 11.7 Å². The highest BCUT2D eigenvalue weighted by atomic mass is 35.5. The number of nitrogens with one attached hydrogen (secondary N) is 2. The largest absolute Gasteiger partial charge is 0.360 e. The molecule has 0 unspecified atom stereocenters. The average molecular weight is 327 g/mol. The second-order valence-corrected chi connectivity index (χ2v) is 5.88. The summed E-state index contributed by atoms with van der Waals surface area (Å²) in [6.07, 6.45) is 1.54. The third-order valence-corrected chi connectivity index (χ3v) is 4.05. The van der Waals surface area contributed by atoms with Gasteiger partial charge in [-0.25, -0.2) is 0 Å². The number of benzene rings is 2. The molecule has 1 amide bonds. The monoisotopic (exact) mass is 326 g/mol. The number of ketones is 1. The summed E-state index contributed by atoms with van der Waals surface area (Å²) in [7, 11) is 0. The lowest BCUT2D eigenvalue weighted by Crippen LogP contribution is -2.23. The molecular weight excluding hydrogens is 312 g/mol. The van der Waals surface area contributed by atoms with E-state index < -0.39 is 11.7 Å². The first-order valence-electron chi connectivity index (χ1n) is 7.16. The van der Waals surface area contributed by atoms with Crippen molar-refractivity contribution in [3.05, 3.63) is 64.3 Å². The normalized spacial score (nSPS) is 10.7. The maximum absolute atomic E-state index is 12.5. The summed E-state index contributed by atoms with van der Waals surface area (Å²) >= 11 is 5.98. The average Bonchev–Trinajstić information content (AvgIpc) is 2.93. The van der Waals surface area contributed by atoms with E-state index in [0.717, 1.165) is 16.6 Å². The van der Waals surface area contributed by atoms with Crippen molar-refractivity contribution in [2.45, 2.75) is 13.8 Å². The lowest BCUT2D eigenvalue weighted by Gasteiger charge is -2.10. The number of hydrogen-bond donors (Lipinski definition) is 2. The number of hydrogen-bond acceptors (Lipinski definition) is 2. The van der Waals surface area contributed by atoms with Crippen LogP contribution in [0.4, 0.5) is 5.69 Å². The highest BCUT2D eigenvalue weighted by Gasteiger charge is 2.21. The maximum atomic E-state index is 12.5. The lowest BCUT2D eigenvalue weighted by atomic mass is 10.1. The Hall–Kier alpha value is -2.59. The van der Waals surface area contributed by atoms with Gasteiger partial charge < -0.3 is 10.3 Å². The maximum Gasteiger partial charge on any atom is 0.296 e. The fourth-order valence-electron chi connectivity index (χ4n) is 2.58. The Bertz CT molecular complexity index is 908. The molecule has 4 nitrogen and oxygen atoms in total. The van der Waals surface area contributed by atoms with Crippen LogP contribution < -0.4 is 5.32 Å². The molecule has 3 aromatic rings. The summed E-state index contributed by atoms with van der Waals surface area (Å²) in [6.45, 7) is 3.77. The number of halogens is 1. The molecule has 0 radical (unpaired) electrons. The van der Waals surface area contributed by atoms with Crippen LogP contribution in [0.25, 0.3) is 10.9 Å². The number of carbonyl (C=O) groups is 2. The molecule has 0 fully saturated rings. The lowest BCUT2D eigenvalue weighted by molar-refractivity contribution is -0.112. The number of aryl methyl sites for hydroxylation is 2. The molecule has 0 aliphatic carbocycles. The van der Waals surface area contributed by atoms with Gasteiger partial charge in [0.2, 0.25) is 0 Å². The summed E-state index contributed by atoms with van der Waals surface area (Å²) in [5.74, 6) is -1.26. The molecule has 2 N–H and O–H groups in total. The predicted molar refractivity (Wildman–Crippen MR) is 92.2 cm³/mol. The van der Waals surface area contributed by atoms with Crippen LogP contribution in [-0.4, -0.2) is 16.7 Å². The van der Waals surface area contributed by atoms with E-state index in [2.05, 4.69) is 10.3 Å². The quantitative estimate of drug-likeness (QED) is 0.558. The van der Waals surface area contributed by atoms with Crippen LogP contribution >= 0.6 is 11.6 Å². The van der Waals surface area contributed by atoms with Gasteiger partial charge in [0.1, 0.15) is 0 Å². The molecule has 5 heteroatoms. The van der Waals surface area contributed by atoms with E-state index in [4.69, 9.17) is 11.6 Å². The number of aromatic nitrogens is 1. The fourth-order valence-corrected chi connectivity index (χ4v) is 2.76. The standard InChI is InChI=1S/C18H15ClN2O2/c1-10-4-3-5-11(2)16(10)21-18(23)17(22)14-9-20-15-7-6-12(19)8-13(14)15/h3-9,20H,1-2H3,(H,21,23). The summed E-state index contributed by atoms with van der Waals surface area (Å²) in [4.78, 5) is 27.8. The Labute approximate surface area is 138 Å². The zero-order chi connectivity index (χ0) is 16.6. The number of H-pyrrole nitrogens is 1. The number of fused-ring (bicyclic) bond motifs is 1. The molecule has 23 heavy (non-hydrogen) atoms. The Balaban J connectivity index is 1.93. The van der Waals surface area contributed by atoms with E-state index in [-0.39, 0.29) is 0 Å². The molecule has 3 rings (SSSR count). The number of Topliss-reactive ketones (excluding diaryl/α,β-unsaturated/α-hetero) is 1. The summed E-state index contributed by atoms with van der Waals surface area (Å²) in [6, 6.07) is 10.9. The van der Waals surface area contributed by atoms with Gasteiger partial charge >= 0.3 is 0 Å². The topological polar surface area (TPSA) is 62.0 Å². The molecule has 0 spiro atoms. The second kappa shape index (κ2) is 5.89. The van der Waals surface area contributed by atoms with Crippen molar-refractivity contribution in [3.8, 4) is 0 Å². The van der Waals surface area contributed by atoms with Crippen LogP contribution in [-0.2, 0) is 4.79 Å². The molecule has 1 heterocycles. The first kappa shape index (κ1) is 15.3. The third-order valence-electron chi connectivity index (χ3n) is 3.81. The molecule has 1 aromatic heterocycles. The van der Waals surface area contributed by atoms with E-state index in [9.17, 15) is 9.59 Å². The van der Waals surface area contributed by atoms with Gasteiger partial charge in [-0.3, -0.25) is 9.59 Å². The van der Waals surface area contributed by atoms with Crippen molar-refractivity contribution in [1.29, 1.82) is 0 Å². The van der Waals surface area contributed by atoms with E-state index in [1.165, 1.54) is 6.20 Å². The molecule has 0 saturated carbocycles. The fraction of sp³-hybridized carbons (Fsp3) is 0.111. The molecule has 2 aromatic carbocycles. The Morgan fingerprint density at radius 2 is 1.78 bits per heavy atom. The number of para-hydroxylation sites is 1. The zero-order valence-corrected chi connectivity index (χ0v) is 13.5. The number of carbonyl (C=O) groups excluding carboxylic acids is 2. The first-order chi connectivity index (χ1) is 11.0. The molecule has 0 aliphatic rings. The van der Waals surface area contributed by atoms with Crippen molar-refractivity contribution in [1.82, 2.24) is 4.98 Å². The van der Waals surface area contributed by atoms with Gasteiger partial charge in [-0.2, -0.15) is 0 Å². The molecule has 0 bridgehead atoms. The van der Waals surface area contributed by atoms with Gasteiger partial charge in [0.05, 0.1) is 5.56 Å². The Morgan fingerprint density at radius 3 is 2.48 bits per heavy atom. The number of rotatable bonds is 3. The SMILES string of the molecule is Cc1cccc(C)c1NC(=O)C(=O)c1c[nH]c2ccc(Cl)cc12. The second-order valence-electron chi connectivity index (χ2n) is 5.44. The smallest absolute Gasteiger partial charge is 0.296 e. The van der Waals surface area contributed by atoms with Crippen LogP contribution in [0, 0.1) is 13.8 Å². The van der Waals surface area contributed by atoms with Crippen molar-refractivity contribution >= 4 is 39.9 Å². The van der Waals surface area contributed by atoms with Crippen LogP contribution in [0.15, 0.2) is 42.6 Å². The van der Waals surface area contributed by atoms with Crippen molar-refractivity contribution in [2.75, 3.05) is 5.32 Å². The Morgan fingerprint density at radius 1 is 1.09 bits per heavy atom. The molecule has 0 saturated heterocycles. The van der Waals surface area contributed by atoms with E-state index in [1.54, 1.807) is 18.2 Å². The highest BCUT2D eigenvalue weighted by Crippen LogP contribution is 2.24. The van der Waals surface area contributed by atoms with E-state index >= 15 is 0 Å². The minimum atomic E-state index is -0.664. The van der Waals surface area contributed by atoms with E-state index in [1.807, 2.05) is 32.0 Å². The first-order valence-corrected chi connectivity index (χ1v) is 7.53. The molecule has 0 aliphatic heterocycles. The minimum Gasteiger partial charge on any atom is -0.360 e. The van der Waals surface area contributed by atoms with Crippen molar-refractivity contribution < 1.29 is 9.59 Å². The highest BCUT2D eigenvalue weighted by molar-refractivity contribution is 6.48. The van der Waals surface area contributed by atoms with E-state index in [0.29, 0.717) is 21.7 Å². The third kappa shape index (κ3) is 2.85.